The zero-order valence-electron chi connectivity index (χ0n) is 14.9. The topological polar surface area (TPSA) is 12.0 Å². The van der Waals surface area contributed by atoms with Crippen LogP contribution in [0.25, 0.3) is 0 Å². The van der Waals surface area contributed by atoms with E-state index in [1.165, 1.54) is 82.7 Å². The Balaban J connectivity index is 1.51. The molecular formula is C22H36N. The minimum absolute atomic E-state index is 0.794. The highest BCUT2D eigenvalue weighted by molar-refractivity contribution is 5.14. The summed E-state index contributed by atoms with van der Waals surface area (Å²) < 4.78 is 0. The fourth-order valence-corrected chi connectivity index (χ4v) is 3.91. The van der Waals surface area contributed by atoms with Gasteiger partial charge >= 0.3 is 0 Å². The van der Waals surface area contributed by atoms with Crippen molar-refractivity contribution in [3.63, 3.8) is 0 Å². The van der Waals surface area contributed by atoms with Gasteiger partial charge in [-0.3, -0.25) is 0 Å². The molecule has 0 amide bonds. The molecule has 1 heteroatoms. The lowest BCUT2D eigenvalue weighted by atomic mass is 9.86. The largest absolute Gasteiger partial charge is 0.314 e. The third-order valence-corrected chi connectivity index (χ3v) is 5.33. The molecule has 1 aromatic carbocycles. The first-order valence-corrected chi connectivity index (χ1v) is 9.95. The smallest absolute Gasteiger partial charge is 0.00697 e. The van der Waals surface area contributed by atoms with Crippen LogP contribution >= 0.6 is 0 Å². The second-order valence-corrected chi connectivity index (χ2v) is 7.33. The summed E-state index contributed by atoms with van der Waals surface area (Å²) in [5.74, 6) is 0.978. The second kappa shape index (κ2) is 11.7. The van der Waals surface area contributed by atoms with Crippen LogP contribution in [0.1, 0.15) is 76.2 Å². The zero-order chi connectivity index (χ0) is 16.2. The maximum Gasteiger partial charge on any atom is 0.00697 e. The van der Waals surface area contributed by atoms with Crippen LogP contribution < -0.4 is 5.32 Å². The molecule has 2 atom stereocenters. The van der Waals surface area contributed by atoms with E-state index in [0.29, 0.717) is 0 Å². The predicted molar refractivity (Wildman–Crippen MR) is 102 cm³/mol. The third-order valence-electron chi connectivity index (χ3n) is 5.33. The molecule has 1 aromatic rings. The van der Waals surface area contributed by atoms with E-state index in [1.54, 1.807) is 0 Å². The molecule has 1 radical (unpaired) electrons. The number of benzene rings is 1. The molecule has 1 nitrogen and oxygen atoms in total. The lowest BCUT2D eigenvalue weighted by molar-refractivity contribution is 0.268. The number of hydrogen-bond donors (Lipinski definition) is 1. The van der Waals surface area contributed by atoms with Gasteiger partial charge in [0.05, 0.1) is 0 Å². The van der Waals surface area contributed by atoms with Crippen LogP contribution in [0.2, 0.25) is 0 Å². The first-order valence-electron chi connectivity index (χ1n) is 9.95. The van der Waals surface area contributed by atoms with Crippen molar-refractivity contribution in [3.05, 3.63) is 42.8 Å². The Morgan fingerprint density at radius 3 is 2.52 bits per heavy atom. The first kappa shape index (κ1) is 18.5. The number of rotatable bonds is 11. The van der Waals surface area contributed by atoms with Gasteiger partial charge in [0.2, 0.25) is 0 Å². The maximum atomic E-state index is 3.93. The Hall–Kier alpha value is -0.820. The Kier molecular flexibility index (Phi) is 9.40. The zero-order valence-corrected chi connectivity index (χ0v) is 14.9. The second-order valence-electron chi connectivity index (χ2n) is 7.33. The molecule has 2 unspecified atom stereocenters. The van der Waals surface area contributed by atoms with Gasteiger partial charge in [0.25, 0.3) is 0 Å². The number of piperidine rings is 1. The Labute approximate surface area is 144 Å². The average molecular weight is 315 g/mol. The van der Waals surface area contributed by atoms with Crippen molar-refractivity contribution in [1.29, 1.82) is 0 Å². The van der Waals surface area contributed by atoms with E-state index >= 15 is 0 Å². The Morgan fingerprint density at radius 1 is 0.913 bits per heavy atom. The SMILES string of the molecule is [CH2]CCCCCC1CC(CCCCCc2ccccc2)CCN1. The number of hydrogen-bond acceptors (Lipinski definition) is 1. The van der Waals surface area contributed by atoms with Gasteiger partial charge in [-0.25, -0.2) is 0 Å². The lowest BCUT2D eigenvalue weighted by Crippen LogP contribution is -2.38. The van der Waals surface area contributed by atoms with Crippen LogP contribution in [0, 0.1) is 12.8 Å². The molecule has 1 N–H and O–H groups in total. The molecular weight excluding hydrogens is 278 g/mol. The molecule has 0 aromatic heterocycles. The predicted octanol–water partition coefficient (Wildman–Crippen LogP) is 5.94. The summed E-state index contributed by atoms with van der Waals surface area (Å²) in [6.07, 6.45) is 16.2. The van der Waals surface area contributed by atoms with Crippen LogP contribution in [0.3, 0.4) is 0 Å². The highest BCUT2D eigenvalue weighted by atomic mass is 14.9. The fourth-order valence-electron chi connectivity index (χ4n) is 3.91. The third kappa shape index (κ3) is 8.01. The molecule has 129 valence electrons. The first-order chi connectivity index (χ1) is 11.4. The molecule has 0 aliphatic carbocycles. The van der Waals surface area contributed by atoms with Gasteiger partial charge in [-0.2, -0.15) is 0 Å². The molecule has 1 aliphatic heterocycles. The minimum Gasteiger partial charge on any atom is -0.314 e. The molecule has 1 fully saturated rings. The van der Waals surface area contributed by atoms with Crippen LogP contribution in [0.15, 0.2) is 30.3 Å². The number of nitrogens with one attached hydrogen (secondary N) is 1. The normalized spacial score (nSPS) is 21.4. The van der Waals surface area contributed by atoms with Gasteiger partial charge in [0, 0.05) is 6.04 Å². The monoisotopic (exact) mass is 314 g/mol. The lowest BCUT2D eigenvalue weighted by Gasteiger charge is -2.30. The van der Waals surface area contributed by atoms with Crippen molar-refractivity contribution >= 4 is 0 Å². The molecule has 23 heavy (non-hydrogen) atoms. The standard InChI is InChI=1S/C22H36N/c1-2-3-4-11-16-22-19-21(17-18-23-22)15-10-6-9-14-20-12-7-5-8-13-20/h5,7-8,12-13,21-23H,1-4,6,9-11,14-19H2. The van der Waals surface area contributed by atoms with E-state index in [9.17, 15) is 0 Å². The Bertz CT molecular complexity index is 386. The Morgan fingerprint density at radius 2 is 1.70 bits per heavy atom. The summed E-state index contributed by atoms with van der Waals surface area (Å²) in [7, 11) is 0. The van der Waals surface area contributed by atoms with Crippen LogP contribution in [-0.2, 0) is 6.42 Å². The molecule has 0 bridgehead atoms. The molecule has 1 heterocycles. The van der Waals surface area contributed by atoms with Crippen LogP contribution in [0.5, 0.6) is 0 Å². The summed E-state index contributed by atoms with van der Waals surface area (Å²) in [6, 6.07) is 11.7. The van der Waals surface area contributed by atoms with E-state index < -0.39 is 0 Å². The fraction of sp³-hybridized carbons (Fsp3) is 0.682. The van der Waals surface area contributed by atoms with Gasteiger partial charge in [-0.1, -0.05) is 82.2 Å². The van der Waals surface area contributed by atoms with Crippen molar-refractivity contribution in [2.24, 2.45) is 5.92 Å². The highest BCUT2D eigenvalue weighted by Crippen LogP contribution is 2.25. The molecule has 2 rings (SSSR count). The maximum absolute atomic E-state index is 3.93. The average Bonchev–Trinajstić information content (AvgIpc) is 2.60. The molecule has 1 saturated heterocycles. The number of aryl methyl sites for hydroxylation is 1. The van der Waals surface area contributed by atoms with Crippen LogP contribution in [-0.4, -0.2) is 12.6 Å². The van der Waals surface area contributed by atoms with Crippen molar-refractivity contribution in [1.82, 2.24) is 5.32 Å². The summed E-state index contributed by atoms with van der Waals surface area (Å²) in [5, 5.41) is 3.73. The van der Waals surface area contributed by atoms with E-state index in [4.69, 9.17) is 0 Å². The molecule has 1 aliphatic rings. The van der Waals surface area contributed by atoms with E-state index in [2.05, 4.69) is 42.6 Å². The van der Waals surface area contributed by atoms with E-state index in [-0.39, 0.29) is 0 Å². The number of unbranched alkanes of at least 4 members (excludes halogenated alkanes) is 5. The summed E-state index contributed by atoms with van der Waals surface area (Å²) in [4.78, 5) is 0. The van der Waals surface area contributed by atoms with Crippen molar-refractivity contribution < 1.29 is 0 Å². The van der Waals surface area contributed by atoms with Crippen molar-refractivity contribution in [2.75, 3.05) is 6.54 Å². The summed E-state index contributed by atoms with van der Waals surface area (Å²) >= 11 is 0. The van der Waals surface area contributed by atoms with Gasteiger partial charge in [-0.15, -0.1) is 0 Å². The quantitative estimate of drug-likeness (QED) is 0.498. The van der Waals surface area contributed by atoms with E-state index in [0.717, 1.165) is 18.4 Å². The molecule has 0 saturated carbocycles. The minimum atomic E-state index is 0.794. The van der Waals surface area contributed by atoms with Gasteiger partial charge in [0.15, 0.2) is 0 Å². The highest BCUT2D eigenvalue weighted by Gasteiger charge is 2.20. The van der Waals surface area contributed by atoms with Gasteiger partial charge in [0.1, 0.15) is 0 Å². The summed E-state index contributed by atoms with van der Waals surface area (Å²) in [6.45, 7) is 5.18. The molecule has 0 spiro atoms. The van der Waals surface area contributed by atoms with Crippen molar-refractivity contribution in [2.45, 2.75) is 83.1 Å². The van der Waals surface area contributed by atoms with Gasteiger partial charge in [-0.05, 0) is 50.1 Å². The van der Waals surface area contributed by atoms with E-state index in [1.807, 2.05) is 0 Å². The van der Waals surface area contributed by atoms with Crippen LogP contribution in [0.4, 0.5) is 0 Å². The van der Waals surface area contributed by atoms with Gasteiger partial charge < -0.3 is 5.32 Å². The summed E-state index contributed by atoms with van der Waals surface area (Å²) in [5.41, 5.74) is 1.50. The van der Waals surface area contributed by atoms with Crippen molar-refractivity contribution in [3.8, 4) is 0 Å².